The molecule has 0 aliphatic heterocycles. The zero-order valence-corrected chi connectivity index (χ0v) is 11.5. The molecule has 0 unspecified atom stereocenters. The second-order valence-corrected chi connectivity index (χ2v) is 5.41. The van der Waals surface area contributed by atoms with Crippen LogP contribution in [0.15, 0.2) is 35.7 Å². The molecule has 1 aromatic heterocycles. The molecule has 0 radical (unpaired) electrons. The molecular weight excluding hydrogens is 244 g/mol. The van der Waals surface area contributed by atoms with Crippen LogP contribution in [-0.2, 0) is 6.42 Å². The van der Waals surface area contributed by atoms with Crippen molar-refractivity contribution < 1.29 is 9.84 Å². The van der Waals surface area contributed by atoms with Crippen LogP contribution in [0, 0.1) is 6.92 Å². The minimum atomic E-state index is -0.427. The molecule has 18 heavy (non-hydrogen) atoms. The third-order valence-electron chi connectivity index (χ3n) is 2.87. The molecule has 0 amide bonds. The quantitative estimate of drug-likeness (QED) is 0.889. The predicted octanol–water partition coefficient (Wildman–Crippen LogP) is 3.73. The van der Waals surface area contributed by atoms with Crippen molar-refractivity contribution in [3.8, 4) is 5.75 Å². The molecule has 2 nitrogen and oxygen atoms in total. The number of aliphatic hydroxyl groups excluding tert-OH is 1. The Hall–Kier alpha value is -1.32. The maximum atomic E-state index is 9.50. The van der Waals surface area contributed by atoms with Crippen LogP contribution in [-0.4, -0.2) is 11.7 Å². The number of hydrogen-bond donors (Lipinski definition) is 1. The molecule has 1 atom stereocenters. The Morgan fingerprint density at radius 3 is 2.78 bits per heavy atom. The number of aryl methyl sites for hydroxylation is 1. The van der Waals surface area contributed by atoms with Crippen molar-refractivity contribution in [2.75, 3.05) is 6.61 Å². The van der Waals surface area contributed by atoms with E-state index >= 15 is 0 Å². The van der Waals surface area contributed by atoms with Gasteiger partial charge in [0.1, 0.15) is 5.75 Å². The summed E-state index contributed by atoms with van der Waals surface area (Å²) in [7, 11) is 0. The summed E-state index contributed by atoms with van der Waals surface area (Å²) in [4.78, 5) is 1.34. The van der Waals surface area contributed by atoms with Crippen LogP contribution in [0.3, 0.4) is 0 Å². The normalized spacial score (nSPS) is 12.4. The van der Waals surface area contributed by atoms with E-state index in [1.807, 2.05) is 25.1 Å². The first-order chi connectivity index (χ1) is 8.66. The highest BCUT2D eigenvalue weighted by Crippen LogP contribution is 2.23. The second kappa shape index (κ2) is 6.03. The maximum Gasteiger partial charge on any atom is 0.122 e. The first kappa shape index (κ1) is 13.1. The highest BCUT2D eigenvalue weighted by Gasteiger charge is 2.05. The summed E-state index contributed by atoms with van der Waals surface area (Å²) in [6, 6.07) is 10.0. The third kappa shape index (κ3) is 3.34. The van der Waals surface area contributed by atoms with E-state index in [1.54, 1.807) is 18.3 Å². The van der Waals surface area contributed by atoms with Crippen LogP contribution in [0.4, 0.5) is 0 Å². The second-order valence-electron chi connectivity index (χ2n) is 4.38. The molecule has 0 fully saturated rings. The van der Waals surface area contributed by atoms with Crippen molar-refractivity contribution in [3.05, 3.63) is 51.7 Å². The minimum Gasteiger partial charge on any atom is -0.493 e. The van der Waals surface area contributed by atoms with Crippen molar-refractivity contribution in [3.63, 3.8) is 0 Å². The maximum absolute atomic E-state index is 9.50. The van der Waals surface area contributed by atoms with Crippen LogP contribution in [0.2, 0.25) is 0 Å². The Bertz CT molecular complexity index is 489. The van der Waals surface area contributed by atoms with Crippen molar-refractivity contribution in [1.82, 2.24) is 0 Å². The number of ether oxygens (including phenoxy) is 1. The zero-order valence-electron chi connectivity index (χ0n) is 10.7. The van der Waals surface area contributed by atoms with E-state index in [-0.39, 0.29) is 0 Å². The molecule has 0 bridgehead atoms. The van der Waals surface area contributed by atoms with Crippen LogP contribution < -0.4 is 4.74 Å². The molecule has 3 heteroatoms. The molecule has 0 saturated carbocycles. The van der Waals surface area contributed by atoms with Gasteiger partial charge in [0.15, 0.2) is 0 Å². The lowest BCUT2D eigenvalue weighted by atomic mass is 10.1. The lowest BCUT2D eigenvalue weighted by Gasteiger charge is -2.11. The zero-order chi connectivity index (χ0) is 13.0. The summed E-state index contributed by atoms with van der Waals surface area (Å²) in [5, 5.41) is 11.6. The fraction of sp³-hybridized carbons (Fsp3) is 0.333. The van der Waals surface area contributed by atoms with Gasteiger partial charge in [-0.3, -0.25) is 0 Å². The van der Waals surface area contributed by atoms with Crippen molar-refractivity contribution in [2.24, 2.45) is 0 Å². The van der Waals surface area contributed by atoms with E-state index in [9.17, 15) is 5.11 Å². The molecule has 2 aromatic rings. The van der Waals surface area contributed by atoms with Gasteiger partial charge >= 0.3 is 0 Å². The van der Waals surface area contributed by atoms with E-state index < -0.39 is 6.10 Å². The van der Waals surface area contributed by atoms with Gasteiger partial charge in [-0.05, 0) is 48.6 Å². The SMILES string of the molecule is Cc1cc([C@H](C)O)ccc1OCCc1cccs1. The highest BCUT2D eigenvalue weighted by molar-refractivity contribution is 7.09. The van der Waals surface area contributed by atoms with Gasteiger partial charge in [-0.1, -0.05) is 12.1 Å². The average Bonchev–Trinajstić information content (AvgIpc) is 2.84. The first-order valence-corrected chi connectivity index (χ1v) is 6.98. The summed E-state index contributed by atoms with van der Waals surface area (Å²) in [6.45, 7) is 4.47. The van der Waals surface area contributed by atoms with Gasteiger partial charge in [-0.25, -0.2) is 0 Å². The summed E-state index contributed by atoms with van der Waals surface area (Å²) < 4.78 is 5.77. The Morgan fingerprint density at radius 1 is 1.33 bits per heavy atom. The smallest absolute Gasteiger partial charge is 0.122 e. The van der Waals surface area contributed by atoms with E-state index in [0.717, 1.165) is 23.3 Å². The number of aliphatic hydroxyl groups is 1. The molecule has 96 valence electrons. The average molecular weight is 262 g/mol. The Morgan fingerprint density at radius 2 is 2.17 bits per heavy atom. The molecule has 1 aromatic carbocycles. The number of benzene rings is 1. The van der Waals surface area contributed by atoms with Gasteiger partial charge in [0.05, 0.1) is 12.7 Å². The van der Waals surface area contributed by atoms with Crippen LogP contribution in [0.5, 0.6) is 5.75 Å². The molecule has 0 aliphatic carbocycles. The molecule has 0 spiro atoms. The fourth-order valence-corrected chi connectivity index (χ4v) is 2.50. The van der Waals surface area contributed by atoms with E-state index in [2.05, 4.69) is 17.5 Å². The van der Waals surface area contributed by atoms with Gasteiger partial charge in [0.2, 0.25) is 0 Å². The van der Waals surface area contributed by atoms with Crippen molar-refractivity contribution in [1.29, 1.82) is 0 Å². The molecule has 0 aliphatic rings. The lowest BCUT2D eigenvalue weighted by Crippen LogP contribution is -2.02. The number of hydrogen-bond acceptors (Lipinski definition) is 3. The van der Waals surface area contributed by atoms with Gasteiger partial charge in [0, 0.05) is 11.3 Å². The molecule has 1 N–H and O–H groups in total. The number of rotatable bonds is 5. The van der Waals surface area contributed by atoms with Crippen molar-refractivity contribution in [2.45, 2.75) is 26.4 Å². The van der Waals surface area contributed by atoms with Crippen molar-refractivity contribution >= 4 is 11.3 Å². The molecule has 0 saturated heterocycles. The van der Waals surface area contributed by atoms with Gasteiger partial charge < -0.3 is 9.84 Å². The van der Waals surface area contributed by atoms with Gasteiger partial charge in [-0.2, -0.15) is 0 Å². The summed E-state index contributed by atoms with van der Waals surface area (Å²) >= 11 is 1.76. The molecule has 1 heterocycles. The van der Waals surface area contributed by atoms with Crippen LogP contribution >= 0.6 is 11.3 Å². The summed E-state index contributed by atoms with van der Waals surface area (Å²) in [5.41, 5.74) is 2.00. The minimum absolute atomic E-state index is 0.427. The largest absolute Gasteiger partial charge is 0.493 e. The topological polar surface area (TPSA) is 29.5 Å². The van der Waals surface area contributed by atoms with Gasteiger partial charge in [0.25, 0.3) is 0 Å². The Labute approximate surface area is 112 Å². The molecular formula is C15H18O2S. The predicted molar refractivity (Wildman–Crippen MR) is 75.3 cm³/mol. The van der Waals surface area contributed by atoms with E-state index in [4.69, 9.17) is 4.74 Å². The highest BCUT2D eigenvalue weighted by atomic mass is 32.1. The Kier molecular flexibility index (Phi) is 4.39. The monoisotopic (exact) mass is 262 g/mol. The van der Waals surface area contributed by atoms with E-state index in [1.165, 1.54) is 4.88 Å². The summed E-state index contributed by atoms with van der Waals surface area (Å²) in [6.07, 6.45) is 0.513. The van der Waals surface area contributed by atoms with Gasteiger partial charge in [-0.15, -0.1) is 11.3 Å². The first-order valence-electron chi connectivity index (χ1n) is 6.10. The fourth-order valence-electron chi connectivity index (χ4n) is 1.81. The van der Waals surface area contributed by atoms with E-state index in [0.29, 0.717) is 6.61 Å². The summed E-state index contributed by atoms with van der Waals surface area (Å²) in [5.74, 6) is 0.899. The number of thiophene rings is 1. The van der Waals surface area contributed by atoms with Crippen LogP contribution in [0.25, 0.3) is 0 Å². The Balaban J connectivity index is 1.93. The molecule has 2 rings (SSSR count). The lowest BCUT2D eigenvalue weighted by molar-refractivity contribution is 0.199. The van der Waals surface area contributed by atoms with Crippen LogP contribution in [0.1, 0.15) is 29.0 Å². The standard InChI is InChI=1S/C15H18O2S/c1-11-10-13(12(2)16)5-6-15(11)17-8-7-14-4-3-9-18-14/h3-6,9-10,12,16H,7-8H2,1-2H3/t12-/m0/s1. The third-order valence-corrected chi connectivity index (χ3v) is 3.80.